The Morgan fingerprint density at radius 2 is 2.12 bits per heavy atom. The molecule has 2 aromatic heterocycles. The smallest absolute Gasteiger partial charge is 0.191 e. The molecule has 1 fully saturated rings. The molecule has 0 aliphatic carbocycles. The van der Waals surface area contributed by atoms with Gasteiger partial charge in [0.05, 0.1) is 31.0 Å². The van der Waals surface area contributed by atoms with E-state index in [0.29, 0.717) is 24.3 Å². The fourth-order valence-electron chi connectivity index (χ4n) is 3.33. The molecule has 1 aliphatic heterocycles. The second-order valence-corrected chi connectivity index (χ2v) is 5.86. The van der Waals surface area contributed by atoms with Crippen LogP contribution < -0.4 is 9.64 Å². The van der Waals surface area contributed by atoms with Crippen molar-refractivity contribution in [2.24, 2.45) is 0 Å². The largest absolute Gasteiger partial charge is 0.494 e. The number of methoxy groups -OCH3 is 2. The standard InChI is InChI=1S/C16H17FN6O2/c1-24-12-4-3-9-15(14(12)17)18-8-19-16(9)23-6-10(13(7-23)25-2)11-5-20-22-21-11/h3-5,8,10,13H,6-7H2,1-2H3,(H,20,21,22)/t10-,13+/m0/s1. The summed E-state index contributed by atoms with van der Waals surface area (Å²) < 4.78 is 25.1. The topological polar surface area (TPSA) is 89.0 Å². The lowest BCUT2D eigenvalue weighted by Crippen LogP contribution is -2.23. The third kappa shape index (κ3) is 2.56. The molecular weight excluding hydrogens is 327 g/mol. The predicted molar refractivity (Wildman–Crippen MR) is 88.2 cm³/mol. The van der Waals surface area contributed by atoms with Gasteiger partial charge in [0.2, 0.25) is 0 Å². The third-order valence-electron chi connectivity index (χ3n) is 4.59. The molecular formula is C16H17FN6O2. The summed E-state index contributed by atoms with van der Waals surface area (Å²) in [4.78, 5) is 10.5. The van der Waals surface area contributed by atoms with Crippen molar-refractivity contribution in [2.75, 3.05) is 32.2 Å². The summed E-state index contributed by atoms with van der Waals surface area (Å²) in [5, 5.41) is 11.3. The summed E-state index contributed by atoms with van der Waals surface area (Å²) in [6, 6.07) is 3.36. The highest BCUT2D eigenvalue weighted by Gasteiger charge is 2.37. The number of fused-ring (bicyclic) bond motifs is 1. The summed E-state index contributed by atoms with van der Waals surface area (Å²) in [5.74, 6) is 0.393. The van der Waals surface area contributed by atoms with Crippen molar-refractivity contribution in [2.45, 2.75) is 12.0 Å². The number of halogens is 1. The van der Waals surface area contributed by atoms with Crippen LogP contribution in [0.1, 0.15) is 11.6 Å². The molecule has 25 heavy (non-hydrogen) atoms. The number of H-pyrrole nitrogens is 1. The normalized spacial score (nSPS) is 20.4. The fourth-order valence-corrected chi connectivity index (χ4v) is 3.33. The van der Waals surface area contributed by atoms with E-state index in [0.717, 1.165) is 5.69 Å². The van der Waals surface area contributed by atoms with Crippen LogP contribution in [0.5, 0.6) is 5.75 Å². The minimum absolute atomic E-state index is 0.0526. The van der Waals surface area contributed by atoms with Crippen LogP contribution in [0.15, 0.2) is 24.7 Å². The van der Waals surface area contributed by atoms with Gasteiger partial charge < -0.3 is 14.4 Å². The van der Waals surface area contributed by atoms with Crippen LogP contribution in [0.4, 0.5) is 10.2 Å². The van der Waals surface area contributed by atoms with Gasteiger partial charge in [-0.1, -0.05) is 0 Å². The molecule has 0 bridgehead atoms. The average Bonchev–Trinajstić information content (AvgIpc) is 3.31. The van der Waals surface area contributed by atoms with Crippen LogP contribution >= 0.6 is 0 Å². The molecule has 1 saturated heterocycles. The van der Waals surface area contributed by atoms with E-state index in [1.54, 1.807) is 25.4 Å². The lowest BCUT2D eigenvalue weighted by molar-refractivity contribution is 0.105. The Bertz CT molecular complexity index is 888. The second-order valence-electron chi connectivity index (χ2n) is 5.86. The maximum absolute atomic E-state index is 14.5. The van der Waals surface area contributed by atoms with E-state index in [-0.39, 0.29) is 23.3 Å². The highest BCUT2D eigenvalue weighted by atomic mass is 19.1. The van der Waals surface area contributed by atoms with Crippen molar-refractivity contribution in [3.63, 3.8) is 0 Å². The molecule has 1 aliphatic rings. The Labute approximate surface area is 143 Å². The third-order valence-corrected chi connectivity index (χ3v) is 4.59. The Morgan fingerprint density at radius 3 is 2.84 bits per heavy atom. The first-order chi connectivity index (χ1) is 12.2. The number of benzene rings is 1. The number of aromatic amines is 1. The van der Waals surface area contributed by atoms with E-state index in [4.69, 9.17) is 9.47 Å². The van der Waals surface area contributed by atoms with Gasteiger partial charge in [-0.25, -0.2) is 14.4 Å². The first kappa shape index (κ1) is 15.7. The number of nitrogens with one attached hydrogen (secondary N) is 1. The van der Waals surface area contributed by atoms with Gasteiger partial charge in [-0.2, -0.15) is 15.4 Å². The maximum atomic E-state index is 14.5. The Balaban J connectivity index is 1.74. The van der Waals surface area contributed by atoms with Crippen LogP contribution in [0.3, 0.4) is 0 Å². The molecule has 1 N–H and O–H groups in total. The number of anilines is 1. The number of rotatable bonds is 4. The van der Waals surface area contributed by atoms with Crippen molar-refractivity contribution in [3.05, 3.63) is 36.2 Å². The average molecular weight is 344 g/mol. The molecule has 0 unspecified atom stereocenters. The van der Waals surface area contributed by atoms with E-state index >= 15 is 0 Å². The Morgan fingerprint density at radius 1 is 1.24 bits per heavy atom. The van der Waals surface area contributed by atoms with Gasteiger partial charge in [0.15, 0.2) is 11.6 Å². The van der Waals surface area contributed by atoms with Gasteiger partial charge in [-0.05, 0) is 12.1 Å². The number of aromatic nitrogens is 5. The molecule has 0 radical (unpaired) electrons. The van der Waals surface area contributed by atoms with Gasteiger partial charge in [-0.3, -0.25) is 0 Å². The van der Waals surface area contributed by atoms with Crippen molar-refractivity contribution in [3.8, 4) is 5.75 Å². The summed E-state index contributed by atoms with van der Waals surface area (Å²) in [6.45, 7) is 1.26. The monoisotopic (exact) mass is 344 g/mol. The van der Waals surface area contributed by atoms with Gasteiger partial charge in [-0.15, -0.1) is 0 Å². The SMILES string of the molecule is COc1ccc2c(N3C[C@@H](OC)[C@H](c4cn[nH]n4)C3)ncnc2c1F. The van der Waals surface area contributed by atoms with Crippen LogP contribution in [-0.2, 0) is 4.74 Å². The molecule has 2 atom stereocenters. The van der Waals surface area contributed by atoms with E-state index in [1.165, 1.54) is 13.4 Å². The van der Waals surface area contributed by atoms with E-state index in [2.05, 4.69) is 30.3 Å². The molecule has 0 spiro atoms. The van der Waals surface area contributed by atoms with Crippen LogP contribution in [0.2, 0.25) is 0 Å². The van der Waals surface area contributed by atoms with Crippen LogP contribution in [-0.4, -0.2) is 58.8 Å². The minimum atomic E-state index is -0.487. The molecule has 4 rings (SSSR count). The number of hydrogen-bond acceptors (Lipinski definition) is 7. The maximum Gasteiger partial charge on any atom is 0.191 e. The molecule has 3 aromatic rings. The minimum Gasteiger partial charge on any atom is -0.494 e. The lowest BCUT2D eigenvalue weighted by Gasteiger charge is -2.19. The highest BCUT2D eigenvalue weighted by molar-refractivity contribution is 5.91. The van der Waals surface area contributed by atoms with E-state index < -0.39 is 5.82 Å². The molecule has 130 valence electrons. The zero-order chi connectivity index (χ0) is 17.4. The molecule has 0 amide bonds. The zero-order valence-corrected chi connectivity index (χ0v) is 13.8. The van der Waals surface area contributed by atoms with Crippen molar-refractivity contribution in [1.82, 2.24) is 25.4 Å². The summed E-state index contributed by atoms with van der Waals surface area (Å²) in [5.41, 5.74) is 1.07. The van der Waals surface area contributed by atoms with Gasteiger partial charge in [0.1, 0.15) is 17.7 Å². The van der Waals surface area contributed by atoms with E-state index in [9.17, 15) is 4.39 Å². The predicted octanol–water partition coefficient (Wildman–Crippen LogP) is 1.51. The van der Waals surface area contributed by atoms with Crippen molar-refractivity contribution in [1.29, 1.82) is 0 Å². The molecule has 1 aromatic carbocycles. The summed E-state index contributed by atoms with van der Waals surface area (Å²) in [6.07, 6.45) is 3.01. The Kier molecular flexibility index (Phi) is 3.92. The Hall–Kier alpha value is -2.81. The number of hydrogen-bond donors (Lipinski definition) is 1. The first-order valence-electron chi connectivity index (χ1n) is 7.83. The zero-order valence-electron chi connectivity index (χ0n) is 13.8. The fraction of sp³-hybridized carbons (Fsp3) is 0.375. The number of ether oxygens (including phenoxy) is 2. The number of nitrogens with zero attached hydrogens (tertiary/aromatic N) is 5. The van der Waals surface area contributed by atoms with Crippen LogP contribution in [0.25, 0.3) is 10.9 Å². The quantitative estimate of drug-likeness (QED) is 0.767. The van der Waals surface area contributed by atoms with Gasteiger partial charge in [0.25, 0.3) is 0 Å². The highest BCUT2D eigenvalue weighted by Crippen LogP contribution is 2.35. The molecule has 3 heterocycles. The first-order valence-corrected chi connectivity index (χ1v) is 7.83. The molecule has 8 nitrogen and oxygen atoms in total. The van der Waals surface area contributed by atoms with Gasteiger partial charge >= 0.3 is 0 Å². The van der Waals surface area contributed by atoms with Gasteiger partial charge in [0, 0.05) is 25.6 Å². The lowest BCUT2D eigenvalue weighted by atomic mass is 10.0. The van der Waals surface area contributed by atoms with Crippen molar-refractivity contribution >= 4 is 16.7 Å². The second kappa shape index (κ2) is 6.25. The summed E-state index contributed by atoms with van der Waals surface area (Å²) >= 11 is 0. The van der Waals surface area contributed by atoms with E-state index in [1.807, 2.05) is 0 Å². The molecule has 9 heteroatoms. The van der Waals surface area contributed by atoms with Crippen molar-refractivity contribution < 1.29 is 13.9 Å². The molecule has 0 saturated carbocycles. The summed E-state index contributed by atoms with van der Waals surface area (Å²) in [7, 11) is 3.10. The van der Waals surface area contributed by atoms with Crippen LogP contribution in [0, 0.1) is 5.82 Å².